The van der Waals surface area contributed by atoms with Crippen molar-refractivity contribution >= 4 is 17.5 Å². The minimum absolute atomic E-state index is 0.124. The second kappa shape index (κ2) is 7.21. The SMILES string of the molecule is CCOC(=O)CC(C)=NN=C(N)c1ccccc1. The van der Waals surface area contributed by atoms with Crippen LogP contribution in [0.15, 0.2) is 40.5 Å². The largest absolute Gasteiger partial charge is 0.466 e. The third-order valence-electron chi connectivity index (χ3n) is 2.10. The van der Waals surface area contributed by atoms with Gasteiger partial charge < -0.3 is 10.5 Å². The van der Waals surface area contributed by atoms with E-state index in [1.807, 2.05) is 30.3 Å². The Morgan fingerprint density at radius 2 is 1.94 bits per heavy atom. The number of ether oxygens (including phenoxy) is 1. The van der Waals surface area contributed by atoms with E-state index in [0.29, 0.717) is 18.2 Å². The summed E-state index contributed by atoms with van der Waals surface area (Å²) in [6, 6.07) is 9.32. The molecule has 5 nitrogen and oxygen atoms in total. The molecule has 0 heterocycles. The highest BCUT2D eigenvalue weighted by Crippen LogP contribution is 1.99. The van der Waals surface area contributed by atoms with E-state index < -0.39 is 0 Å². The second-order valence-electron chi connectivity index (χ2n) is 3.67. The first-order chi connectivity index (χ1) is 8.63. The van der Waals surface area contributed by atoms with Crippen LogP contribution >= 0.6 is 0 Å². The summed E-state index contributed by atoms with van der Waals surface area (Å²) in [7, 11) is 0. The summed E-state index contributed by atoms with van der Waals surface area (Å²) in [4.78, 5) is 11.2. The smallest absolute Gasteiger partial charge is 0.311 e. The summed E-state index contributed by atoms with van der Waals surface area (Å²) < 4.78 is 4.80. The number of nitrogens with zero attached hydrogens (tertiary/aromatic N) is 2. The molecule has 0 aliphatic heterocycles. The Balaban J connectivity index is 2.64. The van der Waals surface area contributed by atoms with Crippen molar-refractivity contribution in [3.05, 3.63) is 35.9 Å². The molecule has 0 saturated heterocycles. The Labute approximate surface area is 106 Å². The number of rotatable bonds is 5. The summed E-state index contributed by atoms with van der Waals surface area (Å²) in [6.45, 7) is 3.83. The fourth-order valence-corrected chi connectivity index (χ4v) is 1.26. The summed E-state index contributed by atoms with van der Waals surface area (Å²) in [5, 5.41) is 7.78. The molecule has 0 aliphatic carbocycles. The maximum absolute atomic E-state index is 11.2. The summed E-state index contributed by atoms with van der Waals surface area (Å²) in [5.74, 6) is 0.00559. The molecular weight excluding hydrogens is 230 g/mol. The molecule has 0 spiro atoms. The molecule has 18 heavy (non-hydrogen) atoms. The van der Waals surface area contributed by atoms with E-state index in [9.17, 15) is 4.79 Å². The van der Waals surface area contributed by atoms with Crippen molar-refractivity contribution in [3.8, 4) is 0 Å². The lowest BCUT2D eigenvalue weighted by Gasteiger charge is -2.00. The summed E-state index contributed by atoms with van der Waals surface area (Å²) >= 11 is 0. The molecule has 1 rings (SSSR count). The molecule has 0 unspecified atom stereocenters. The third-order valence-corrected chi connectivity index (χ3v) is 2.10. The molecular formula is C13H17N3O2. The van der Waals surface area contributed by atoms with E-state index in [2.05, 4.69) is 10.2 Å². The van der Waals surface area contributed by atoms with Crippen LogP contribution in [0, 0.1) is 0 Å². The zero-order chi connectivity index (χ0) is 13.4. The van der Waals surface area contributed by atoms with Crippen LogP contribution in [-0.2, 0) is 9.53 Å². The summed E-state index contributed by atoms with van der Waals surface area (Å²) in [5.41, 5.74) is 7.12. The van der Waals surface area contributed by atoms with Crippen molar-refractivity contribution in [3.63, 3.8) is 0 Å². The maximum atomic E-state index is 11.2. The molecule has 0 atom stereocenters. The number of carbonyl (C=O) groups is 1. The number of nitrogens with two attached hydrogens (primary N) is 1. The van der Waals surface area contributed by atoms with Gasteiger partial charge in [0.2, 0.25) is 0 Å². The first-order valence-corrected chi connectivity index (χ1v) is 5.71. The van der Waals surface area contributed by atoms with Gasteiger partial charge in [-0.3, -0.25) is 4.79 Å². The van der Waals surface area contributed by atoms with Gasteiger partial charge in [0.1, 0.15) is 0 Å². The van der Waals surface area contributed by atoms with Crippen LogP contribution in [0.1, 0.15) is 25.8 Å². The molecule has 0 fully saturated rings. The van der Waals surface area contributed by atoms with Gasteiger partial charge in [0.15, 0.2) is 5.84 Å². The van der Waals surface area contributed by atoms with Gasteiger partial charge in [-0.1, -0.05) is 30.3 Å². The van der Waals surface area contributed by atoms with E-state index in [0.717, 1.165) is 5.56 Å². The van der Waals surface area contributed by atoms with Crippen molar-refractivity contribution in [2.45, 2.75) is 20.3 Å². The number of hydrogen-bond donors (Lipinski definition) is 1. The van der Waals surface area contributed by atoms with Crippen LogP contribution in [0.2, 0.25) is 0 Å². The molecule has 0 radical (unpaired) electrons. The lowest BCUT2D eigenvalue weighted by atomic mass is 10.2. The van der Waals surface area contributed by atoms with Gasteiger partial charge in [-0.15, -0.1) is 5.10 Å². The Kier molecular flexibility index (Phi) is 5.57. The van der Waals surface area contributed by atoms with E-state index in [4.69, 9.17) is 10.5 Å². The molecule has 1 aromatic rings. The van der Waals surface area contributed by atoms with E-state index in [-0.39, 0.29) is 12.4 Å². The standard InChI is InChI=1S/C13H17N3O2/c1-3-18-12(17)9-10(2)15-16-13(14)11-7-5-4-6-8-11/h4-8H,3,9H2,1-2H3,(H2,14,16). The lowest BCUT2D eigenvalue weighted by Crippen LogP contribution is -2.13. The Morgan fingerprint density at radius 1 is 1.28 bits per heavy atom. The molecule has 0 saturated carbocycles. The molecule has 1 aromatic carbocycles. The highest BCUT2D eigenvalue weighted by Gasteiger charge is 2.03. The van der Waals surface area contributed by atoms with Crippen LogP contribution in [0.25, 0.3) is 0 Å². The van der Waals surface area contributed by atoms with Gasteiger partial charge in [-0.25, -0.2) is 0 Å². The monoisotopic (exact) mass is 247 g/mol. The first-order valence-electron chi connectivity index (χ1n) is 5.71. The maximum Gasteiger partial charge on any atom is 0.311 e. The van der Waals surface area contributed by atoms with Crippen molar-refractivity contribution in [1.82, 2.24) is 0 Å². The van der Waals surface area contributed by atoms with Crippen molar-refractivity contribution in [1.29, 1.82) is 0 Å². The normalized spacial score (nSPS) is 12.3. The second-order valence-corrected chi connectivity index (χ2v) is 3.67. The van der Waals surface area contributed by atoms with Crippen LogP contribution in [0.3, 0.4) is 0 Å². The molecule has 0 bridgehead atoms. The summed E-state index contributed by atoms with van der Waals surface area (Å²) in [6.07, 6.45) is 0.124. The highest BCUT2D eigenvalue weighted by molar-refractivity contribution is 6.00. The average molecular weight is 247 g/mol. The number of carbonyl (C=O) groups excluding carboxylic acids is 1. The molecule has 0 amide bonds. The number of benzene rings is 1. The molecule has 0 aromatic heterocycles. The fourth-order valence-electron chi connectivity index (χ4n) is 1.26. The number of hydrogen-bond acceptors (Lipinski definition) is 4. The molecule has 5 heteroatoms. The molecule has 0 aliphatic rings. The van der Waals surface area contributed by atoms with E-state index >= 15 is 0 Å². The van der Waals surface area contributed by atoms with Gasteiger partial charge in [0.25, 0.3) is 0 Å². The predicted octanol–water partition coefficient (Wildman–Crippen LogP) is 1.72. The minimum atomic E-state index is -0.313. The molecule has 2 N–H and O–H groups in total. The quantitative estimate of drug-likeness (QED) is 0.372. The Hall–Kier alpha value is -2.17. The van der Waals surface area contributed by atoms with E-state index in [1.54, 1.807) is 13.8 Å². The van der Waals surface area contributed by atoms with Crippen LogP contribution in [-0.4, -0.2) is 24.1 Å². The van der Waals surface area contributed by atoms with Crippen LogP contribution < -0.4 is 5.73 Å². The minimum Gasteiger partial charge on any atom is -0.466 e. The van der Waals surface area contributed by atoms with Gasteiger partial charge in [-0.2, -0.15) is 5.10 Å². The fraction of sp³-hybridized carbons (Fsp3) is 0.308. The van der Waals surface area contributed by atoms with Crippen molar-refractivity contribution in [2.75, 3.05) is 6.61 Å². The van der Waals surface area contributed by atoms with Gasteiger partial charge in [-0.05, 0) is 13.8 Å². The Morgan fingerprint density at radius 3 is 2.56 bits per heavy atom. The van der Waals surface area contributed by atoms with E-state index in [1.165, 1.54) is 0 Å². The predicted molar refractivity (Wildman–Crippen MR) is 71.5 cm³/mol. The van der Waals surface area contributed by atoms with Crippen molar-refractivity contribution < 1.29 is 9.53 Å². The van der Waals surface area contributed by atoms with Gasteiger partial charge in [0, 0.05) is 11.3 Å². The Bertz CT molecular complexity index is 453. The lowest BCUT2D eigenvalue weighted by molar-refractivity contribution is -0.141. The third kappa shape index (κ3) is 4.78. The molecule has 96 valence electrons. The van der Waals surface area contributed by atoms with Gasteiger partial charge in [0.05, 0.1) is 13.0 Å². The first kappa shape index (κ1) is 13.9. The topological polar surface area (TPSA) is 77.0 Å². The van der Waals surface area contributed by atoms with Crippen LogP contribution in [0.5, 0.6) is 0 Å². The zero-order valence-corrected chi connectivity index (χ0v) is 10.6. The highest BCUT2D eigenvalue weighted by atomic mass is 16.5. The van der Waals surface area contributed by atoms with Crippen molar-refractivity contribution in [2.24, 2.45) is 15.9 Å². The number of amidine groups is 1. The van der Waals surface area contributed by atoms with Gasteiger partial charge >= 0.3 is 5.97 Å². The average Bonchev–Trinajstić information content (AvgIpc) is 2.37. The zero-order valence-electron chi connectivity index (χ0n) is 10.6. The number of esters is 1. The van der Waals surface area contributed by atoms with Crippen LogP contribution in [0.4, 0.5) is 0 Å².